The number of carboxylic acids is 2. The average Bonchev–Trinajstić information content (AvgIpc) is 3.08. The van der Waals surface area contributed by atoms with Crippen LogP contribution >= 0.6 is 0 Å². The van der Waals surface area contributed by atoms with Gasteiger partial charge in [-0.15, -0.1) is 0 Å². The summed E-state index contributed by atoms with van der Waals surface area (Å²) in [4.78, 5) is 41.1. The van der Waals surface area contributed by atoms with Crippen molar-refractivity contribution in [2.75, 3.05) is 51.6 Å². The molecule has 12 nitrogen and oxygen atoms in total. The summed E-state index contributed by atoms with van der Waals surface area (Å²) in [7, 11) is 1.82. The van der Waals surface area contributed by atoms with Gasteiger partial charge in [0.15, 0.2) is 12.2 Å². The van der Waals surface area contributed by atoms with Crippen molar-refractivity contribution in [2.24, 2.45) is 0 Å². The van der Waals surface area contributed by atoms with Crippen molar-refractivity contribution in [3.05, 3.63) is 102 Å². The average molecular weight is 634 g/mol. The van der Waals surface area contributed by atoms with Crippen LogP contribution in [0.25, 0.3) is 6.08 Å². The Labute approximate surface area is 269 Å². The van der Waals surface area contributed by atoms with Crippen molar-refractivity contribution in [2.45, 2.75) is 31.1 Å². The van der Waals surface area contributed by atoms with Crippen LogP contribution in [-0.2, 0) is 14.4 Å². The molecule has 1 aliphatic heterocycles. The van der Waals surface area contributed by atoms with E-state index in [1.54, 1.807) is 18.3 Å². The van der Waals surface area contributed by atoms with E-state index in [0.717, 1.165) is 56.9 Å². The molecular weight excluding hydrogens is 590 g/mol. The lowest BCUT2D eigenvalue weighted by Crippen LogP contribution is -2.48. The molecule has 1 amide bonds. The number of benzene rings is 2. The van der Waals surface area contributed by atoms with Gasteiger partial charge in [-0.2, -0.15) is 0 Å². The van der Waals surface area contributed by atoms with E-state index in [1.807, 2.05) is 19.2 Å². The van der Waals surface area contributed by atoms with Crippen LogP contribution in [0.2, 0.25) is 0 Å². The van der Waals surface area contributed by atoms with E-state index in [1.165, 1.54) is 11.1 Å². The molecule has 2 atom stereocenters. The van der Waals surface area contributed by atoms with Crippen LogP contribution in [0.1, 0.15) is 35.6 Å². The minimum absolute atomic E-state index is 0.0672. The molecule has 4 rings (SSSR count). The third kappa shape index (κ3) is 11.4. The summed E-state index contributed by atoms with van der Waals surface area (Å²) in [6.45, 7) is 6.02. The molecule has 0 bridgehead atoms. The fourth-order valence-corrected chi connectivity index (χ4v) is 5.06. The predicted octanol–water partition coefficient (Wildman–Crippen LogP) is 2.32. The molecule has 0 aliphatic carbocycles. The molecule has 3 aromatic rings. The number of piperazine rings is 1. The lowest BCUT2D eigenvalue weighted by Gasteiger charge is -2.39. The third-order valence-corrected chi connectivity index (χ3v) is 7.50. The molecule has 2 heterocycles. The van der Waals surface area contributed by atoms with Crippen LogP contribution in [-0.4, -0.2) is 112 Å². The molecule has 0 radical (unpaired) electrons. The van der Waals surface area contributed by atoms with E-state index < -0.39 is 24.1 Å². The summed E-state index contributed by atoms with van der Waals surface area (Å²) < 4.78 is 0. The second-order valence-corrected chi connectivity index (χ2v) is 10.7. The summed E-state index contributed by atoms with van der Waals surface area (Å²) in [6.07, 6.45) is 2.63. The normalized spacial score (nSPS) is 15.0. The quantitative estimate of drug-likeness (QED) is 0.114. The molecule has 1 fully saturated rings. The van der Waals surface area contributed by atoms with Gasteiger partial charge in [0.05, 0.1) is 6.04 Å². The summed E-state index contributed by atoms with van der Waals surface area (Å²) >= 11 is 0. The first-order chi connectivity index (χ1) is 22.2. The van der Waals surface area contributed by atoms with Gasteiger partial charge in [0.2, 0.25) is 5.91 Å². The molecular formula is C34H43N5O7. The predicted molar refractivity (Wildman–Crippen MR) is 175 cm³/mol. The number of anilines is 1. The summed E-state index contributed by atoms with van der Waals surface area (Å²) in [5.74, 6) is -2.84. The highest BCUT2D eigenvalue weighted by atomic mass is 16.4. The van der Waals surface area contributed by atoms with Crippen molar-refractivity contribution in [1.82, 2.24) is 20.1 Å². The summed E-state index contributed by atoms with van der Waals surface area (Å²) in [5.41, 5.74) is 3.61. The molecule has 2 unspecified atom stereocenters. The molecule has 12 heteroatoms. The maximum atomic E-state index is 12.2. The highest BCUT2D eigenvalue weighted by molar-refractivity contribution is 5.92. The van der Waals surface area contributed by atoms with Gasteiger partial charge in [0.1, 0.15) is 5.82 Å². The van der Waals surface area contributed by atoms with Gasteiger partial charge in [-0.1, -0.05) is 60.7 Å². The zero-order valence-corrected chi connectivity index (χ0v) is 25.9. The van der Waals surface area contributed by atoms with Crippen molar-refractivity contribution in [3.8, 4) is 0 Å². The standard InChI is InChI=1S/C30H37N5O.C4H6O6/c1-31-30-27(15-10-19-33-30)16-17-28(36)32-18-8-9-20-34-21-23-35(24-22-34)29(25-11-4-2-5-12-25)26-13-6-3-7-14-26;5-1(3(7)8)2(6)4(9)10/h2-7,10-17,19,29H,8-9,18,20-24H2,1H3,(H,31,33)(H,32,36);1-2,5-6H,(H,7,8)(H,9,10)/b17-16+;. The molecule has 2 aromatic carbocycles. The van der Waals surface area contributed by atoms with Gasteiger partial charge >= 0.3 is 11.9 Å². The third-order valence-electron chi connectivity index (χ3n) is 7.50. The van der Waals surface area contributed by atoms with Crippen molar-refractivity contribution in [3.63, 3.8) is 0 Å². The zero-order valence-electron chi connectivity index (χ0n) is 25.9. The second kappa shape index (κ2) is 19.0. The Morgan fingerprint density at radius 1 is 0.826 bits per heavy atom. The van der Waals surface area contributed by atoms with Crippen LogP contribution < -0.4 is 10.6 Å². The largest absolute Gasteiger partial charge is 0.479 e. The number of nitrogens with zero attached hydrogens (tertiary/aromatic N) is 3. The number of carbonyl (C=O) groups is 3. The maximum absolute atomic E-state index is 12.2. The number of aliphatic carboxylic acids is 2. The first-order valence-corrected chi connectivity index (χ1v) is 15.2. The Hall–Kier alpha value is -4.62. The molecule has 0 saturated carbocycles. The molecule has 1 aromatic heterocycles. The summed E-state index contributed by atoms with van der Waals surface area (Å²) in [5, 5.41) is 38.6. The van der Waals surface area contributed by atoms with Crippen LogP contribution in [0, 0.1) is 0 Å². The number of aliphatic hydroxyl groups is 2. The van der Waals surface area contributed by atoms with E-state index in [2.05, 4.69) is 86.1 Å². The smallest absolute Gasteiger partial charge is 0.335 e. The lowest BCUT2D eigenvalue weighted by molar-refractivity contribution is -0.165. The topological polar surface area (TPSA) is 176 Å². The van der Waals surface area contributed by atoms with Gasteiger partial charge in [-0.05, 0) is 48.7 Å². The number of carboxylic acid groups (broad SMARTS) is 2. The maximum Gasteiger partial charge on any atom is 0.335 e. The van der Waals surface area contributed by atoms with Gasteiger partial charge < -0.3 is 36.0 Å². The molecule has 46 heavy (non-hydrogen) atoms. The highest BCUT2D eigenvalue weighted by Gasteiger charge is 2.29. The van der Waals surface area contributed by atoms with Crippen molar-refractivity contribution < 1.29 is 34.8 Å². The van der Waals surface area contributed by atoms with Gasteiger partial charge in [0, 0.05) is 57.6 Å². The number of amides is 1. The minimum Gasteiger partial charge on any atom is -0.479 e. The minimum atomic E-state index is -2.27. The second-order valence-electron chi connectivity index (χ2n) is 10.7. The Kier molecular flexibility index (Phi) is 14.8. The van der Waals surface area contributed by atoms with Crippen molar-refractivity contribution in [1.29, 1.82) is 0 Å². The molecule has 1 aliphatic rings. The van der Waals surface area contributed by atoms with Crippen LogP contribution in [0.4, 0.5) is 5.82 Å². The summed E-state index contributed by atoms with van der Waals surface area (Å²) in [6, 6.07) is 25.8. The molecule has 246 valence electrons. The molecule has 1 saturated heterocycles. The number of hydrogen-bond acceptors (Lipinski definition) is 9. The first-order valence-electron chi connectivity index (χ1n) is 15.2. The Balaban J connectivity index is 0.000000498. The van der Waals surface area contributed by atoms with Crippen LogP contribution in [0.5, 0.6) is 0 Å². The molecule has 6 N–H and O–H groups in total. The monoisotopic (exact) mass is 633 g/mol. The van der Waals surface area contributed by atoms with Gasteiger partial charge in [-0.25, -0.2) is 14.6 Å². The number of aliphatic hydroxyl groups excluding tert-OH is 2. The number of carbonyl (C=O) groups excluding carboxylic acids is 1. The van der Waals surface area contributed by atoms with E-state index in [9.17, 15) is 14.4 Å². The van der Waals surface area contributed by atoms with Crippen LogP contribution in [0.15, 0.2) is 85.1 Å². The van der Waals surface area contributed by atoms with E-state index >= 15 is 0 Å². The zero-order chi connectivity index (χ0) is 33.3. The highest BCUT2D eigenvalue weighted by Crippen LogP contribution is 2.29. The number of hydrogen-bond donors (Lipinski definition) is 6. The Morgan fingerprint density at radius 3 is 1.91 bits per heavy atom. The number of pyridine rings is 1. The fourth-order valence-electron chi connectivity index (χ4n) is 5.06. The Morgan fingerprint density at radius 2 is 1.39 bits per heavy atom. The number of unbranched alkanes of at least 4 members (excludes halogenated alkanes) is 1. The Bertz CT molecular complexity index is 1340. The van der Waals surface area contributed by atoms with E-state index in [-0.39, 0.29) is 5.91 Å². The number of aromatic nitrogens is 1. The SMILES string of the molecule is CNc1ncccc1/C=C/C(=O)NCCCCN1CCN(C(c2ccccc2)c2ccccc2)CC1.O=C(O)C(O)C(O)C(=O)O. The van der Waals surface area contributed by atoms with E-state index in [4.69, 9.17) is 20.4 Å². The first kappa shape index (κ1) is 35.9. The molecule has 0 spiro atoms. The lowest BCUT2D eigenvalue weighted by atomic mass is 9.96. The van der Waals surface area contributed by atoms with Gasteiger partial charge in [0.25, 0.3) is 0 Å². The van der Waals surface area contributed by atoms with Gasteiger partial charge in [-0.3, -0.25) is 9.69 Å². The van der Waals surface area contributed by atoms with Crippen LogP contribution in [0.3, 0.4) is 0 Å². The fraction of sp³-hybridized carbons (Fsp3) is 0.353. The van der Waals surface area contributed by atoms with Crippen molar-refractivity contribution >= 4 is 29.7 Å². The number of rotatable bonds is 14. The number of nitrogens with one attached hydrogen (secondary N) is 2. The van der Waals surface area contributed by atoms with E-state index in [0.29, 0.717) is 12.6 Å².